The van der Waals surface area contributed by atoms with Crippen LogP contribution in [0.3, 0.4) is 0 Å². The fourth-order valence-electron chi connectivity index (χ4n) is 4.81. The smallest absolute Gasteiger partial charge is 0.259 e. The highest BCUT2D eigenvalue weighted by Gasteiger charge is 2.69. The van der Waals surface area contributed by atoms with Gasteiger partial charge in [-0.15, -0.1) is 0 Å². The summed E-state index contributed by atoms with van der Waals surface area (Å²) >= 11 is 0. The maximum absolute atomic E-state index is 15.6. The predicted octanol–water partition coefficient (Wildman–Crippen LogP) is 7.99. The molecule has 206 valence electrons. The topological polar surface area (TPSA) is 52.7 Å². The molecule has 0 bridgehead atoms. The fourth-order valence-corrected chi connectivity index (χ4v) is 4.81. The molecule has 0 spiro atoms. The first-order chi connectivity index (χ1) is 18.0. The molecule has 1 fully saturated rings. The zero-order valence-electron chi connectivity index (χ0n) is 22.7. The average molecular weight is 542 g/mol. The first-order valence-corrected chi connectivity index (χ1v) is 12.5. The molecule has 4 rings (SSSR count). The summed E-state index contributed by atoms with van der Waals surface area (Å²) < 4.78 is 61.4. The first-order valence-electron chi connectivity index (χ1n) is 12.5. The zero-order valence-corrected chi connectivity index (χ0v) is 22.7. The number of carbonyl (C=O) groups excluding carboxylic acids is 2. The van der Waals surface area contributed by atoms with Crippen molar-refractivity contribution < 1.29 is 27.2 Å². The molecule has 4 amide bonds. The van der Waals surface area contributed by atoms with Crippen LogP contribution >= 0.6 is 0 Å². The van der Waals surface area contributed by atoms with Gasteiger partial charge in [0, 0.05) is 16.9 Å². The Hall–Kier alpha value is -3.88. The quantitative estimate of drug-likeness (QED) is 0.342. The number of anilines is 2. The van der Waals surface area contributed by atoms with Gasteiger partial charge in [-0.05, 0) is 58.4 Å². The molecule has 0 unspecified atom stereocenters. The van der Waals surface area contributed by atoms with E-state index in [4.69, 9.17) is 0 Å². The van der Waals surface area contributed by atoms with Crippen molar-refractivity contribution in [1.82, 2.24) is 5.32 Å². The van der Waals surface area contributed by atoms with Gasteiger partial charge in [0.05, 0.1) is 0 Å². The standard InChI is InChI=1S/C30H31F4N3O2/c1-27(2,3)19-10-14-23(15-11-19)36-25(38)35-26(39)37(24-16-12-20(13-17-24)28(4,5)6)29(36,30(32,33)34)21-8-7-9-22(31)18-21/h7-18H,1-6H3,(H,35,38,39). The van der Waals surface area contributed by atoms with E-state index >= 15 is 13.2 Å². The highest BCUT2D eigenvalue weighted by molar-refractivity contribution is 6.13. The van der Waals surface area contributed by atoms with E-state index in [0.29, 0.717) is 15.9 Å². The lowest BCUT2D eigenvalue weighted by atomic mass is 9.86. The number of halogens is 4. The van der Waals surface area contributed by atoms with E-state index in [0.717, 1.165) is 29.3 Å². The van der Waals surface area contributed by atoms with Crippen LogP contribution in [-0.4, -0.2) is 18.2 Å². The van der Waals surface area contributed by atoms with E-state index < -0.39 is 35.3 Å². The Balaban J connectivity index is 2.06. The Morgan fingerprint density at radius 2 is 1.08 bits per heavy atom. The largest absolute Gasteiger partial charge is 0.436 e. The first kappa shape index (κ1) is 28.1. The molecular formula is C30H31F4N3O2. The van der Waals surface area contributed by atoms with Gasteiger partial charge in [0.25, 0.3) is 5.66 Å². The predicted molar refractivity (Wildman–Crippen MR) is 143 cm³/mol. The summed E-state index contributed by atoms with van der Waals surface area (Å²) in [7, 11) is 0. The molecule has 5 nitrogen and oxygen atoms in total. The molecule has 1 aliphatic rings. The van der Waals surface area contributed by atoms with Gasteiger partial charge in [-0.25, -0.2) is 14.0 Å². The molecule has 0 atom stereocenters. The number of carbonyl (C=O) groups is 2. The van der Waals surface area contributed by atoms with E-state index in [1.54, 1.807) is 24.3 Å². The van der Waals surface area contributed by atoms with Crippen molar-refractivity contribution in [2.45, 2.75) is 64.2 Å². The van der Waals surface area contributed by atoms with E-state index in [-0.39, 0.29) is 22.2 Å². The Morgan fingerprint density at radius 3 is 1.41 bits per heavy atom. The number of benzene rings is 3. The number of amides is 4. The molecule has 1 heterocycles. The molecular weight excluding hydrogens is 510 g/mol. The van der Waals surface area contributed by atoms with Gasteiger partial charge in [0.2, 0.25) is 0 Å². The summed E-state index contributed by atoms with van der Waals surface area (Å²) in [4.78, 5) is 27.6. The third kappa shape index (κ3) is 4.86. The van der Waals surface area contributed by atoms with E-state index in [1.165, 1.54) is 24.3 Å². The van der Waals surface area contributed by atoms with Gasteiger partial charge < -0.3 is 0 Å². The maximum Gasteiger partial charge on any atom is 0.436 e. The second-order valence-electron chi connectivity index (χ2n) is 11.7. The highest BCUT2D eigenvalue weighted by atomic mass is 19.4. The van der Waals surface area contributed by atoms with Crippen molar-refractivity contribution in [3.8, 4) is 0 Å². The SMILES string of the molecule is CC(C)(C)c1ccc(N2C(=O)NC(=O)N(c3ccc(C(C)(C)C)cc3)C2(c2cccc(F)c2)C(F)(F)F)cc1. The van der Waals surface area contributed by atoms with Crippen LogP contribution in [0.2, 0.25) is 0 Å². The van der Waals surface area contributed by atoms with Gasteiger partial charge in [-0.1, -0.05) is 77.9 Å². The lowest BCUT2D eigenvalue weighted by Crippen LogP contribution is -2.77. The van der Waals surface area contributed by atoms with Crippen molar-refractivity contribution in [3.05, 3.63) is 95.3 Å². The van der Waals surface area contributed by atoms with Gasteiger partial charge in [-0.3, -0.25) is 15.1 Å². The Bertz CT molecular complexity index is 1310. The number of rotatable bonds is 3. The number of hydrogen-bond donors (Lipinski definition) is 1. The normalized spacial score (nSPS) is 16.4. The minimum Gasteiger partial charge on any atom is -0.259 e. The van der Waals surface area contributed by atoms with Crippen molar-refractivity contribution in [2.75, 3.05) is 9.80 Å². The molecule has 1 saturated heterocycles. The second kappa shape index (κ2) is 9.39. The third-order valence-electron chi connectivity index (χ3n) is 6.87. The van der Waals surface area contributed by atoms with Crippen molar-refractivity contribution in [1.29, 1.82) is 0 Å². The minimum absolute atomic E-state index is 0.120. The van der Waals surface area contributed by atoms with Gasteiger partial charge >= 0.3 is 18.2 Å². The van der Waals surface area contributed by atoms with E-state index in [9.17, 15) is 14.0 Å². The zero-order chi connectivity index (χ0) is 29.0. The fraction of sp³-hybridized carbons (Fsp3) is 0.333. The summed E-state index contributed by atoms with van der Waals surface area (Å²) in [6.45, 7) is 11.7. The van der Waals surface area contributed by atoms with Crippen molar-refractivity contribution >= 4 is 23.4 Å². The number of nitrogens with zero attached hydrogens (tertiary/aromatic N) is 2. The summed E-state index contributed by atoms with van der Waals surface area (Å²) in [6.07, 6.45) is -5.26. The van der Waals surface area contributed by atoms with Crippen LogP contribution in [0.15, 0.2) is 72.8 Å². The molecule has 0 aliphatic carbocycles. The molecule has 0 aromatic heterocycles. The van der Waals surface area contributed by atoms with Crippen LogP contribution in [0.1, 0.15) is 58.2 Å². The summed E-state index contributed by atoms with van der Waals surface area (Å²) in [5, 5.41) is 2.06. The number of alkyl halides is 3. The number of nitrogens with one attached hydrogen (secondary N) is 1. The maximum atomic E-state index is 15.6. The Kier molecular flexibility index (Phi) is 6.78. The minimum atomic E-state index is -5.26. The van der Waals surface area contributed by atoms with Crippen LogP contribution < -0.4 is 15.1 Å². The van der Waals surface area contributed by atoms with Crippen LogP contribution in [0, 0.1) is 5.82 Å². The number of imide groups is 1. The molecule has 0 radical (unpaired) electrons. The summed E-state index contributed by atoms with van der Waals surface area (Å²) in [5.41, 5.74) is -3.21. The molecule has 0 saturated carbocycles. The number of urea groups is 2. The monoisotopic (exact) mass is 541 g/mol. The van der Waals surface area contributed by atoms with Gasteiger partial charge in [-0.2, -0.15) is 13.2 Å². The van der Waals surface area contributed by atoms with Gasteiger partial charge in [0.1, 0.15) is 5.82 Å². The molecule has 39 heavy (non-hydrogen) atoms. The van der Waals surface area contributed by atoms with E-state index in [1.807, 2.05) is 41.5 Å². The Labute approximate surface area is 225 Å². The van der Waals surface area contributed by atoms with Crippen molar-refractivity contribution in [2.24, 2.45) is 0 Å². The second-order valence-corrected chi connectivity index (χ2v) is 11.7. The highest BCUT2D eigenvalue weighted by Crippen LogP contribution is 2.52. The summed E-state index contributed by atoms with van der Waals surface area (Å²) in [5.74, 6) is -0.944. The van der Waals surface area contributed by atoms with Crippen LogP contribution in [-0.2, 0) is 16.5 Å². The lowest BCUT2D eigenvalue weighted by molar-refractivity contribution is -0.187. The van der Waals surface area contributed by atoms with E-state index in [2.05, 4.69) is 5.32 Å². The lowest BCUT2D eigenvalue weighted by Gasteiger charge is -2.53. The average Bonchev–Trinajstić information content (AvgIpc) is 2.82. The van der Waals surface area contributed by atoms with Crippen LogP contribution in [0.4, 0.5) is 38.5 Å². The molecule has 9 heteroatoms. The summed E-state index contributed by atoms with van der Waals surface area (Å²) in [6, 6.07) is 13.5. The number of hydrogen-bond acceptors (Lipinski definition) is 2. The van der Waals surface area contributed by atoms with Gasteiger partial charge in [0.15, 0.2) is 0 Å². The van der Waals surface area contributed by atoms with Crippen molar-refractivity contribution in [3.63, 3.8) is 0 Å². The molecule has 1 N–H and O–H groups in total. The molecule has 3 aromatic rings. The third-order valence-corrected chi connectivity index (χ3v) is 6.87. The Morgan fingerprint density at radius 1 is 0.667 bits per heavy atom. The molecule has 1 aliphatic heterocycles. The molecule has 3 aromatic carbocycles. The van der Waals surface area contributed by atoms with Crippen LogP contribution in [0.25, 0.3) is 0 Å². The van der Waals surface area contributed by atoms with Crippen LogP contribution in [0.5, 0.6) is 0 Å².